The van der Waals surface area contributed by atoms with Gasteiger partial charge in [0.25, 0.3) is 0 Å². The van der Waals surface area contributed by atoms with Gasteiger partial charge in [0.15, 0.2) is 0 Å². The van der Waals surface area contributed by atoms with E-state index < -0.39 is 0 Å². The number of hydrogen-bond acceptors (Lipinski definition) is 0. The Morgan fingerprint density at radius 2 is 1.64 bits per heavy atom. The third-order valence-electron chi connectivity index (χ3n) is 0.885. The molecule has 0 aliphatic heterocycles. The fraction of sp³-hybridized carbons (Fsp3) is 0.364. The highest BCUT2D eigenvalue weighted by Gasteiger charge is 1.72. The maximum Gasteiger partial charge on any atom is -0.0184 e. The van der Waals surface area contributed by atoms with Gasteiger partial charge in [0.1, 0.15) is 0 Å². The Hall–Kier alpha value is -0.780. The van der Waals surface area contributed by atoms with Crippen LogP contribution in [0.25, 0.3) is 0 Å². The van der Waals surface area contributed by atoms with Crippen molar-refractivity contribution in [2.75, 3.05) is 0 Å². The van der Waals surface area contributed by atoms with Gasteiger partial charge >= 0.3 is 0 Å². The molecule has 0 atom stereocenters. The minimum absolute atomic E-state index is 0.583. The van der Waals surface area contributed by atoms with Crippen molar-refractivity contribution in [1.29, 1.82) is 0 Å². The van der Waals surface area contributed by atoms with Crippen LogP contribution in [-0.4, -0.2) is 0 Å². The maximum absolute atomic E-state index is 3.64. The van der Waals surface area contributed by atoms with Crippen LogP contribution in [0.5, 0.6) is 0 Å². The van der Waals surface area contributed by atoms with Crippen LogP contribution in [-0.2, 0) is 0 Å². The van der Waals surface area contributed by atoms with Crippen molar-refractivity contribution in [2.45, 2.75) is 20.8 Å². The molecule has 0 aliphatic rings. The lowest BCUT2D eigenvalue weighted by Gasteiger charge is -1.82. The molecule has 0 amide bonds. The Morgan fingerprint density at radius 3 is 1.82 bits per heavy atom. The van der Waals surface area contributed by atoms with E-state index in [1.54, 1.807) is 0 Å². The van der Waals surface area contributed by atoms with Gasteiger partial charge < -0.3 is 0 Å². The van der Waals surface area contributed by atoms with Gasteiger partial charge in [-0.25, -0.2) is 0 Å². The Kier molecular flexibility index (Phi) is 5.54. The summed E-state index contributed by atoms with van der Waals surface area (Å²) in [6, 6.07) is 10.8. The van der Waals surface area contributed by atoms with Crippen molar-refractivity contribution < 1.29 is 0 Å². The van der Waals surface area contributed by atoms with E-state index in [1.165, 1.54) is 5.56 Å². The predicted molar refractivity (Wildman–Crippen MR) is 50.2 cm³/mol. The normalized spacial score (nSPS) is 8.82. The molecule has 0 nitrogen and oxygen atoms in total. The molecule has 1 rings (SSSR count). The third kappa shape index (κ3) is 9.22. The van der Waals surface area contributed by atoms with Gasteiger partial charge in [0.05, 0.1) is 0 Å². The molecule has 0 bridgehead atoms. The molecule has 0 heteroatoms. The second-order valence-electron chi connectivity index (χ2n) is 2.97. The van der Waals surface area contributed by atoms with Gasteiger partial charge in [-0.3, -0.25) is 0 Å². The number of benzene rings is 1. The Bertz CT molecular complexity index is 160. The van der Waals surface area contributed by atoms with Crippen LogP contribution < -0.4 is 0 Å². The molecule has 0 saturated heterocycles. The molecule has 0 saturated carbocycles. The molecular weight excluding hydrogens is 132 g/mol. The van der Waals surface area contributed by atoms with E-state index in [9.17, 15) is 0 Å². The van der Waals surface area contributed by atoms with Gasteiger partial charge in [-0.1, -0.05) is 50.6 Å². The molecule has 2 radical (unpaired) electrons. The molecule has 0 N–H and O–H groups in total. The average molecular weight is 148 g/mol. The highest BCUT2D eigenvalue weighted by molar-refractivity contribution is 5.10. The van der Waals surface area contributed by atoms with E-state index in [0.29, 0.717) is 5.92 Å². The van der Waals surface area contributed by atoms with Gasteiger partial charge in [0, 0.05) is 0 Å². The summed E-state index contributed by atoms with van der Waals surface area (Å²) in [7, 11) is 0. The van der Waals surface area contributed by atoms with Crippen molar-refractivity contribution in [3.8, 4) is 0 Å². The second-order valence-corrected chi connectivity index (χ2v) is 2.97. The molecule has 0 heterocycles. The fourth-order valence-corrected chi connectivity index (χ4v) is 0.470. The first-order valence-corrected chi connectivity index (χ1v) is 3.88. The summed E-state index contributed by atoms with van der Waals surface area (Å²) in [5, 5.41) is 0. The van der Waals surface area contributed by atoms with Gasteiger partial charge in [-0.05, 0) is 18.9 Å². The second kappa shape index (κ2) is 5.96. The zero-order chi connectivity index (χ0) is 8.69. The van der Waals surface area contributed by atoms with Crippen LogP contribution in [0.4, 0.5) is 0 Å². The zero-order valence-electron chi connectivity index (χ0n) is 7.59. The van der Waals surface area contributed by atoms with Gasteiger partial charge in [-0.15, -0.1) is 0 Å². The van der Waals surface area contributed by atoms with E-state index in [-0.39, 0.29) is 0 Å². The molecule has 0 spiro atoms. The summed E-state index contributed by atoms with van der Waals surface area (Å²) in [6.07, 6.45) is 0. The lowest BCUT2D eigenvalue weighted by molar-refractivity contribution is 0.827. The molecule has 1 aromatic carbocycles. The molecule has 0 aliphatic carbocycles. The Morgan fingerprint density at radius 1 is 1.27 bits per heavy atom. The fourth-order valence-electron chi connectivity index (χ4n) is 0.470. The summed E-state index contributed by atoms with van der Waals surface area (Å²) in [6.45, 7) is 9.81. The van der Waals surface area contributed by atoms with Crippen LogP contribution in [0.2, 0.25) is 0 Å². The number of aryl methyl sites for hydroxylation is 1. The van der Waals surface area contributed by atoms with Crippen LogP contribution >= 0.6 is 0 Å². The minimum Gasteiger partial charge on any atom is -0.0628 e. The zero-order valence-corrected chi connectivity index (χ0v) is 7.59. The minimum atomic E-state index is 0.583. The summed E-state index contributed by atoms with van der Waals surface area (Å²) in [5.41, 5.74) is 1.29. The predicted octanol–water partition coefficient (Wildman–Crippen LogP) is 3.27. The van der Waals surface area contributed by atoms with Crippen molar-refractivity contribution in [3.05, 3.63) is 42.8 Å². The largest absolute Gasteiger partial charge is 0.0628 e. The lowest BCUT2D eigenvalue weighted by atomic mass is 10.2. The van der Waals surface area contributed by atoms with E-state index in [1.807, 2.05) is 24.3 Å². The molecule has 11 heavy (non-hydrogen) atoms. The number of hydrogen-bond donors (Lipinski definition) is 0. The molecule has 0 unspecified atom stereocenters. The molecule has 0 aromatic heterocycles. The van der Waals surface area contributed by atoms with Crippen molar-refractivity contribution in [3.63, 3.8) is 0 Å². The lowest BCUT2D eigenvalue weighted by Crippen LogP contribution is -1.67. The van der Waals surface area contributed by atoms with Crippen LogP contribution in [0.3, 0.4) is 0 Å². The SMILES string of the molecule is Cc1cc[c]cc1.[CH2]C(C)C. The van der Waals surface area contributed by atoms with Crippen molar-refractivity contribution >= 4 is 0 Å². The first-order valence-electron chi connectivity index (χ1n) is 3.88. The summed E-state index contributed by atoms with van der Waals surface area (Å²) >= 11 is 0. The van der Waals surface area contributed by atoms with E-state index in [0.717, 1.165) is 0 Å². The van der Waals surface area contributed by atoms with Gasteiger partial charge in [0.2, 0.25) is 0 Å². The first kappa shape index (κ1) is 10.2. The average Bonchev–Trinajstić information content (AvgIpc) is 1.87. The first-order chi connectivity index (χ1) is 5.13. The van der Waals surface area contributed by atoms with Crippen molar-refractivity contribution in [2.24, 2.45) is 5.92 Å². The molecule has 1 aromatic rings. The summed E-state index contributed by atoms with van der Waals surface area (Å²) < 4.78 is 0. The highest BCUT2D eigenvalue weighted by atomic mass is 13.8. The van der Waals surface area contributed by atoms with Crippen molar-refractivity contribution in [1.82, 2.24) is 0 Å². The van der Waals surface area contributed by atoms with E-state index >= 15 is 0 Å². The summed E-state index contributed by atoms with van der Waals surface area (Å²) in [5.74, 6) is 0.583. The van der Waals surface area contributed by atoms with Crippen LogP contribution in [0.1, 0.15) is 19.4 Å². The molecule has 0 fully saturated rings. The highest BCUT2D eigenvalue weighted by Crippen LogP contribution is 1.91. The van der Waals surface area contributed by atoms with E-state index in [2.05, 4.69) is 33.8 Å². The Balaban J connectivity index is 0.000000218. The Labute approximate surface area is 70.3 Å². The van der Waals surface area contributed by atoms with E-state index in [4.69, 9.17) is 0 Å². The standard InChI is InChI=1S/C7H7.C4H9/c1-7-5-3-2-4-6-7;1-4(2)3/h3-6H,1H3;4H,1H2,2-3H3. The monoisotopic (exact) mass is 148 g/mol. The molecule has 60 valence electrons. The molecular formula is C11H16. The maximum atomic E-state index is 3.64. The summed E-state index contributed by atoms with van der Waals surface area (Å²) in [4.78, 5) is 0. The topological polar surface area (TPSA) is 0 Å². The van der Waals surface area contributed by atoms with Crippen LogP contribution in [0.15, 0.2) is 24.3 Å². The quantitative estimate of drug-likeness (QED) is 0.529. The van der Waals surface area contributed by atoms with Gasteiger partial charge in [-0.2, -0.15) is 0 Å². The van der Waals surface area contributed by atoms with Crippen LogP contribution in [0, 0.1) is 25.8 Å². The third-order valence-corrected chi connectivity index (χ3v) is 0.885. The smallest absolute Gasteiger partial charge is 0.0184 e. The number of rotatable bonds is 0.